The van der Waals surface area contributed by atoms with Gasteiger partial charge in [-0.2, -0.15) is 0 Å². The maximum Gasteiger partial charge on any atom is 0.337 e. The Hall–Kier alpha value is -1.66. The first-order valence-electron chi connectivity index (χ1n) is 5.00. The van der Waals surface area contributed by atoms with Crippen LogP contribution in [0.4, 0.5) is 0 Å². The molecule has 2 rings (SSSR count). The lowest BCUT2D eigenvalue weighted by Crippen LogP contribution is -2.06. The minimum absolute atomic E-state index is 0.0350. The zero-order valence-corrected chi connectivity index (χ0v) is 10.6. The van der Waals surface area contributed by atoms with E-state index in [1.54, 1.807) is 0 Å². The van der Waals surface area contributed by atoms with E-state index in [0.717, 1.165) is 0 Å². The minimum Gasteiger partial charge on any atom is -0.478 e. The van der Waals surface area contributed by atoms with Gasteiger partial charge in [-0.1, -0.05) is 23.2 Å². The van der Waals surface area contributed by atoms with Gasteiger partial charge in [-0.25, -0.2) is 9.48 Å². The number of aryl methyl sites for hydroxylation is 1. The second-order valence-electron chi connectivity index (χ2n) is 3.52. The van der Waals surface area contributed by atoms with Gasteiger partial charge in [0.15, 0.2) is 0 Å². The molecule has 0 bridgehead atoms. The first-order chi connectivity index (χ1) is 8.59. The van der Waals surface area contributed by atoms with Crippen LogP contribution in [-0.4, -0.2) is 31.3 Å². The largest absolute Gasteiger partial charge is 0.478 e. The van der Waals surface area contributed by atoms with E-state index in [1.165, 1.54) is 23.1 Å². The number of nitrogens with zero attached hydrogens (tertiary/aromatic N) is 4. The molecule has 0 atom stereocenters. The van der Waals surface area contributed by atoms with E-state index in [1.807, 2.05) is 0 Å². The second-order valence-corrected chi connectivity index (χ2v) is 4.30. The topological polar surface area (TPSA) is 80.9 Å². The maximum absolute atomic E-state index is 11.0. The quantitative estimate of drug-likeness (QED) is 0.929. The summed E-state index contributed by atoms with van der Waals surface area (Å²) >= 11 is 12.0. The fraction of sp³-hybridized carbons (Fsp3) is 0.200. The van der Waals surface area contributed by atoms with Gasteiger partial charge in [0.25, 0.3) is 0 Å². The molecule has 0 unspecified atom stereocenters. The number of carbonyl (C=O) groups is 1. The summed E-state index contributed by atoms with van der Waals surface area (Å²) in [4.78, 5) is 11.0. The molecule has 0 fully saturated rings. The average Bonchev–Trinajstić information content (AvgIpc) is 2.81. The van der Waals surface area contributed by atoms with E-state index >= 15 is 0 Å². The van der Waals surface area contributed by atoms with Gasteiger partial charge in [-0.3, -0.25) is 0 Å². The molecule has 1 heterocycles. The summed E-state index contributed by atoms with van der Waals surface area (Å²) in [5, 5.41) is 20.2. The van der Waals surface area contributed by atoms with Gasteiger partial charge in [0, 0.05) is 11.6 Å². The first kappa shape index (κ1) is 12.8. The van der Waals surface area contributed by atoms with Crippen LogP contribution in [0.2, 0.25) is 10.0 Å². The number of rotatable bonds is 4. The molecule has 2 aromatic rings. The highest BCUT2D eigenvalue weighted by molar-refractivity contribution is 6.37. The monoisotopic (exact) mass is 286 g/mol. The molecule has 18 heavy (non-hydrogen) atoms. The third-order valence-electron chi connectivity index (χ3n) is 2.40. The normalized spacial score (nSPS) is 10.6. The zero-order valence-electron chi connectivity index (χ0n) is 9.05. The van der Waals surface area contributed by atoms with Crippen molar-refractivity contribution in [2.24, 2.45) is 0 Å². The number of carboxylic acid groups (broad SMARTS) is 1. The van der Waals surface area contributed by atoms with E-state index in [2.05, 4.69) is 15.5 Å². The Morgan fingerprint density at radius 1 is 1.39 bits per heavy atom. The molecule has 0 saturated heterocycles. The number of benzene rings is 1. The van der Waals surface area contributed by atoms with Crippen LogP contribution < -0.4 is 0 Å². The fourth-order valence-corrected chi connectivity index (χ4v) is 2.14. The van der Waals surface area contributed by atoms with Crippen molar-refractivity contribution in [1.29, 1.82) is 0 Å². The molecule has 0 aliphatic carbocycles. The zero-order chi connectivity index (χ0) is 13.1. The Balaban J connectivity index is 2.26. The predicted molar refractivity (Wildman–Crippen MR) is 64.9 cm³/mol. The van der Waals surface area contributed by atoms with Crippen LogP contribution in [0.15, 0.2) is 18.5 Å². The molecule has 1 aromatic heterocycles. The molecule has 0 radical (unpaired) electrons. The Morgan fingerprint density at radius 3 is 2.78 bits per heavy atom. The molecule has 0 saturated carbocycles. The summed E-state index contributed by atoms with van der Waals surface area (Å²) in [6, 6.07) is 2.90. The molecule has 0 aliphatic heterocycles. The van der Waals surface area contributed by atoms with Crippen molar-refractivity contribution in [3.8, 4) is 0 Å². The van der Waals surface area contributed by atoms with Crippen LogP contribution >= 0.6 is 23.2 Å². The van der Waals surface area contributed by atoms with Crippen LogP contribution in [-0.2, 0) is 13.0 Å². The van der Waals surface area contributed by atoms with Crippen LogP contribution in [0.1, 0.15) is 15.9 Å². The van der Waals surface area contributed by atoms with Crippen molar-refractivity contribution in [3.63, 3.8) is 0 Å². The number of aromatic nitrogens is 4. The van der Waals surface area contributed by atoms with E-state index < -0.39 is 5.97 Å². The van der Waals surface area contributed by atoms with Crippen LogP contribution in [0, 0.1) is 0 Å². The van der Waals surface area contributed by atoms with Gasteiger partial charge in [-0.15, -0.1) is 5.10 Å². The first-order valence-corrected chi connectivity index (χ1v) is 5.76. The molecular formula is C10H8Cl2N4O2. The summed E-state index contributed by atoms with van der Waals surface area (Å²) in [5.74, 6) is -1.08. The number of tetrazole rings is 1. The fourth-order valence-electron chi connectivity index (χ4n) is 1.50. The summed E-state index contributed by atoms with van der Waals surface area (Å²) in [6.45, 7) is 0.468. The van der Waals surface area contributed by atoms with E-state index in [9.17, 15) is 4.79 Å². The van der Waals surface area contributed by atoms with Crippen molar-refractivity contribution in [3.05, 3.63) is 39.6 Å². The van der Waals surface area contributed by atoms with E-state index in [4.69, 9.17) is 28.3 Å². The molecule has 0 spiro atoms. The molecule has 94 valence electrons. The van der Waals surface area contributed by atoms with Gasteiger partial charge >= 0.3 is 5.97 Å². The average molecular weight is 287 g/mol. The summed E-state index contributed by atoms with van der Waals surface area (Å²) in [6.07, 6.45) is 1.91. The second kappa shape index (κ2) is 5.32. The maximum atomic E-state index is 11.0. The standard InChI is InChI=1S/C10H8Cl2N4O2/c11-8-2-1-7(10(17)18)9(12)6(8)3-4-16-5-13-14-15-16/h1-2,5H,3-4H2,(H,17,18). The summed E-state index contributed by atoms with van der Waals surface area (Å²) in [7, 11) is 0. The molecular weight excluding hydrogens is 279 g/mol. The van der Waals surface area contributed by atoms with Crippen molar-refractivity contribution in [1.82, 2.24) is 20.2 Å². The van der Waals surface area contributed by atoms with Gasteiger partial charge in [0.2, 0.25) is 0 Å². The predicted octanol–water partition coefficient (Wildman–Crippen LogP) is 1.92. The smallest absolute Gasteiger partial charge is 0.337 e. The van der Waals surface area contributed by atoms with Gasteiger partial charge in [0.05, 0.1) is 10.6 Å². The highest BCUT2D eigenvalue weighted by Crippen LogP contribution is 2.29. The molecule has 8 heteroatoms. The number of carboxylic acids is 1. The molecule has 6 nitrogen and oxygen atoms in total. The third-order valence-corrected chi connectivity index (χ3v) is 3.18. The number of halogens is 2. The van der Waals surface area contributed by atoms with E-state index in [0.29, 0.717) is 23.6 Å². The Kier molecular flexibility index (Phi) is 3.78. The molecule has 1 aromatic carbocycles. The Morgan fingerprint density at radius 2 is 2.17 bits per heavy atom. The van der Waals surface area contributed by atoms with E-state index in [-0.39, 0.29) is 10.6 Å². The Labute approximate surface area is 112 Å². The third kappa shape index (κ3) is 2.60. The Bertz CT molecular complexity index is 572. The van der Waals surface area contributed by atoms with Crippen molar-refractivity contribution in [2.75, 3.05) is 0 Å². The van der Waals surface area contributed by atoms with Crippen LogP contribution in [0.3, 0.4) is 0 Å². The molecule has 0 amide bonds. The van der Waals surface area contributed by atoms with Gasteiger partial charge < -0.3 is 5.11 Å². The SMILES string of the molecule is O=C(O)c1ccc(Cl)c(CCn2cnnn2)c1Cl. The highest BCUT2D eigenvalue weighted by Gasteiger charge is 2.15. The van der Waals surface area contributed by atoms with Gasteiger partial charge in [-0.05, 0) is 34.5 Å². The summed E-state index contributed by atoms with van der Waals surface area (Å²) < 4.78 is 1.51. The van der Waals surface area contributed by atoms with Crippen molar-refractivity contribution in [2.45, 2.75) is 13.0 Å². The lowest BCUT2D eigenvalue weighted by Gasteiger charge is -2.09. The molecule has 1 N–H and O–H groups in total. The number of hydrogen-bond acceptors (Lipinski definition) is 4. The van der Waals surface area contributed by atoms with Gasteiger partial charge in [0.1, 0.15) is 6.33 Å². The minimum atomic E-state index is -1.08. The van der Waals surface area contributed by atoms with Crippen molar-refractivity contribution < 1.29 is 9.90 Å². The number of aromatic carboxylic acids is 1. The molecule has 0 aliphatic rings. The van der Waals surface area contributed by atoms with Crippen molar-refractivity contribution >= 4 is 29.2 Å². The lowest BCUT2D eigenvalue weighted by atomic mass is 10.1. The highest BCUT2D eigenvalue weighted by atomic mass is 35.5. The lowest BCUT2D eigenvalue weighted by molar-refractivity contribution is 0.0697. The van der Waals surface area contributed by atoms with Crippen LogP contribution in [0.25, 0.3) is 0 Å². The van der Waals surface area contributed by atoms with Crippen LogP contribution in [0.5, 0.6) is 0 Å². The summed E-state index contributed by atoms with van der Waals surface area (Å²) in [5.41, 5.74) is 0.613. The number of hydrogen-bond donors (Lipinski definition) is 1.